The predicted molar refractivity (Wildman–Crippen MR) is 80.6 cm³/mol. The molecule has 5 heteroatoms. The van der Waals surface area contributed by atoms with Crippen LogP contribution < -0.4 is 0 Å². The number of hydrogen-bond acceptors (Lipinski definition) is 3. The second-order valence-electron chi connectivity index (χ2n) is 6.20. The molecule has 1 aromatic rings. The predicted octanol–water partition coefficient (Wildman–Crippen LogP) is 2.98. The number of likely N-dealkylation sites (tertiary alicyclic amines) is 1. The zero-order valence-electron chi connectivity index (χ0n) is 13.2. The van der Waals surface area contributed by atoms with Gasteiger partial charge in [-0.1, -0.05) is 5.92 Å². The lowest BCUT2D eigenvalue weighted by molar-refractivity contribution is 0.0219. The Balaban J connectivity index is 2.16. The van der Waals surface area contributed by atoms with Gasteiger partial charge in [0.25, 0.3) is 0 Å². The first-order valence-corrected chi connectivity index (χ1v) is 7.31. The minimum Gasteiger partial charge on any atom is -0.444 e. The van der Waals surface area contributed by atoms with Crippen molar-refractivity contribution in [3.05, 3.63) is 18.2 Å². The van der Waals surface area contributed by atoms with E-state index in [2.05, 4.69) is 16.8 Å². The lowest BCUT2D eigenvalue weighted by Gasteiger charge is -2.28. The molecular formula is C16H23N3O2. The fraction of sp³-hybridized carbons (Fsp3) is 0.625. The van der Waals surface area contributed by atoms with Gasteiger partial charge in [0.1, 0.15) is 5.60 Å². The number of nitrogens with zero attached hydrogens (tertiary/aromatic N) is 3. The van der Waals surface area contributed by atoms with E-state index in [9.17, 15) is 4.79 Å². The highest BCUT2D eigenvalue weighted by molar-refractivity contribution is 5.69. The van der Waals surface area contributed by atoms with Crippen LogP contribution in [-0.4, -0.2) is 32.7 Å². The summed E-state index contributed by atoms with van der Waals surface area (Å²) in [6, 6.07) is 0.0287. The second kappa shape index (κ2) is 6.21. The largest absolute Gasteiger partial charge is 0.444 e. The van der Waals surface area contributed by atoms with Gasteiger partial charge in [0.2, 0.25) is 0 Å². The molecule has 0 spiro atoms. The van der Waals surface area contributed by atoms with Crippen LogP contribution in [0.2, 0.25) is 0 Å². The number of carbonyl (C=O) groups excluding carboxylic acids is 1. The van der Waals surface area contributed by atoms with E-state index >= 15 is 0 Å². The molecule has 2 heterocycles. The topological polar surface area (TPSA) is 47.4 Å². The summed E-state index contributed by atoms with van der Waals surface area (Å²) in [5.41, 5.74) is 0.555. The first-order chi connectivity index (χ1) is 9.92. The Morgan fingerprint density at radius 3 is 2.95 bits per heavy atom. The van der Waals surface area contributed by atoms with Crippen molar-refractivity contribution in [2.24, 2.45) is 0 Å². The van der Waals surface area contributed by atoms with Crippen LogP contribution in [0.4, 0.5) is 4.79 Å². The molecule has 114 valence electrons. The van der Waals surface area contributed by atoms with Gasteiger partial charge in [-0.25, -0.2) is 9.78 Å². The molecule has 1 aromatic heterocycles. The summed E-state index contributed by atoms with van der Waals surface area (Å²) >= 11 is 0. The zero-order valence-corrected chi connectivity index (χ0v) is 13.2. The SMILES string of the molecule is CC#CCn1cncc1[C@@H]1CCCN1C(=O)OC(C)(C)C. The van der Waals surface area contributed by atoms with Crippen molar-refractivity contribution in [1.82, 2.24) is 14.5 Å². The molecule has 0 aliphatic carbocycles. The highest BCUT2D eigenvalue weighted by atomic mass is 16.6. The molecule has 0 bridgehead atoms. The maximum atomic E-state index is 12.3. The Bertz CT molecular complexity index is 560. The van der Waals surface area contributed by atoms with E-state index in [1.807, 2.05) is 38.5 Å². The van der Waals surface area contributed by atoms with Crippen LogP contribution in [0.3, 0.4) is 0 Å². The monoisotopic (exact) mass is 289 g/mol. The maximum Gasteiger partial charge on any atom is 0.410 e. The first kappa shape index (κ1) is 15.4. The molecule has 0 N–H and O–H groups in total. The molecule has 1 amide bonds. The average Bonchev–Trinajstić information content (AvgIpc) is 3.02. The summed E-state index contributed by atoms with van der Waals surface area (Å²) in [6.45, 7) is 8.80. The standard InChI is InChI=1S/C16H23N3O2/c1-5-6-9-18-12-17-11-14(18)13-8-7-10-19(13)15(20)21-16(2,3)4/h11-13H,7-10H2,1-4H3/t13-/m0/s1. The van der Waals surface area contributed by atoms with Gasteiger partial charge in [0.15, 0.2) is 0 Å². The van der Waals surface area contributed by atoms with Gasteiger partial charge in [0.05, 0.1) is 30.8 Å². The number of aromatic nitrogens is 2. The first-order valence-electron chi connectivity index (χ1n) is 7.31. The maximum absolute atomic E-state index is 12.3. The van der Waals surface area contributed by atoms with Crippen LogP contribution in [0.15, 0.2) is 12.5 Å². The van der Waals surface area contributed by atoms with Gasteiger partial charge in [-0.15, -0.1) is 5.92 Å². The molecule has 5 nitrogen and oxygen atoms in total. The van der Waals surface area contributed by atoms with E-state index in [1.54, 1.807) is 11.2 Å². The van der Waals surface area contributed by atoms with E-state index in [1.165, 1.54) is 0 Å². The third-order valence-corrected chi connectivity index (χ3v) is 3.39. The molecular weight excluding hydrogens is 266 g/mol. The number of hydrogen-bond donors (Lipinski definition) is 0. The molecule has 21 heavy (non-hydrogen) atoms. The highest BCUT2D eigenvalue weighted by Crippen LogP contribution is 2.32. The third-order valence-electron chi connectivity index (χ3n) is 3.39. The Morgan fingerprint density at radius 2 is 2.29 bits per heavy atom. The summed E-state index contributed by atoms with van der Waals surface area (Å²) in [5, 5.41) is 0. The van der Waals surface area contributed by atoms with Crippen molar-refractivity contribution in [3.8, 4) is 11.8 Å². The smallest absolute Gasteiger partial charge is 0.410 e. The molecule has 0 saturated carbocycles. The molecule has 0 unspecified atom stereocenters. The number of carbonyl (C=O) groups is 1. The second-order valence-corrected chi connectivity index (χ2v) is 6.20. The Labute approximate surface area is 126 Å². The van der Waals surface area contributed by atoms with Gasteiger partial charge in [0, 0.05) is 6.54 Å². The molecule has 1 atom stereocenters. The van der Waals surface area contributed by atoms with E-state index in [0.717, 1.165) is 25.1 Å². The number of imidazole rings is 1. The molecule has 1 fully saturated rings. The van der Waals surface area contributed by atoms with Crippen LogP contribution in [0.5, 0.6) is 0 Å². The normalized spacial score (nSPS) is 18.3. The van der Waals surface area contributed by atoms with Gasteiger partial charge < -0.3 is 9.30 Å². The number of ether oxygens (including phenoxy) is 1. The van der Waals surface area contributed by atoms with Gasteiger partial charge in [-0.3, -0.25) is 4.90 Å². The van der Waals surface area contributed by atoms with Crippen molar-refractivity contribution in [2.75, 3.05) is 6.54 Å². The van der Waals surface area contributed by atoms with Crippen LogP contribution in [0.25, 0.3) is 0 Å². The van der Waals surface area contributed by atoms with E-state index in [0.29, 0.717) is 6.54 Å². The number of amides is 1. The highest BCUT2D eigenvalue weighted by Gasteiger charge is 2.34. The molecule has 0 radical (unpaired) electrons. The van der Waals surface area contributed by atoms with Crippen LogP contribution in [0.1, 0.15) is 52.3 Å². The Kier molecular flexibility index (Phi) is 4.56. The van der Waals surface area contributed by atoms with Crippen molar-refractivity contribution < 1.29 is 9.53 Å². The summed E-state index contributed by atoms with van der Waals surface area (Å²) in [6.07, 6.45) is 5.26. The van der Waals surface area contributed by atoms with E-state index in [4.69, 9.17) is 4.74 Å². The lowest BCUT2D eigenvalue weighted by Crippen LogP contribution is -2.36. The number of rotatable bonds is 2. The van der Waals surface area contributed by atoms with Crippen LogP contribution in [0, 0.1) is 11.8 Å². The summed E-state index contributed by atoms with van der Waals surface area (Å²) in [5.74, 6) is 5.92. The molecule has 1 aliphatic rings. The molecule has 1 saturated heterocycles. The Hall–Kier alpha value is -1.96. The zero-order chi connectivity index (χ0) is 15.5. The van der Waals surface area contributed by atoms with Crippen molar-refractivity contribution in [3.63, 3.8) is 0 Å². The van der Waals surface area contributed by atoms with Gasteiger partial charge in [-0.2, -0.15) is 0 Å². The van der Waals surface area contributed by atoms with Gasteiger partial charge >= 0.3 is 6.09 Å². The minimum atomic E-state index is -0.474. The fourth-order valence-electron chi connectivity index (χ4n) is 2.52. The van der Waals surface area contributed by atoms with Gasteiger partial charge in [-0.05, 0) is 40.5 Å². The van der Waals surface area contributed by atoms with E-state index < -0.39 is 5.60 Å². The summed E-state index contributed by atoms with van der Waals surface area (Å²) in [7, 11) is 0. The van der Waals surface area contributed by atoms with Crippen molar-refractivity contribution in [1.29, 1.82) is 0 Å². The lowest BCUT2D eigenvalue weighted by atomic mass is 10.1. The summed E-state index contributed by atoms with van der Waals surface area (Å²) < 4.78 is 7.50. The molecule has 1 aliphatic heterocycles. The third kappa shape index (κ3) is 3.78. The quantitative estimate of drug-likeness (QED) is 0.786. The van der Waals surface area contributed by atoms with E-state index in [-0.39, 0.29) is 12.1 Å². The molecule has 2 rings (SSSR count). The fourth-order valence-corrected chi connectivity index (χ4v) is 2.52. The molecule has 0 aromatic carbocycles. The average molecular weight is 289 g/mol. The van der Waals surface area contributed by atoms with Crippen molar-refractivity contribution >= 4 is 6.09 Å². The summed E-state index contributed by atoms with van der Waals surface area (Å²) in [4.78, 5) is 18.3. The Morgan fingerprint density at radius 1 is 1.52 bits per heavy atom. The van der Waals surface area contributed by atoms with Crippen LogP contribution in [-0.2, 0) is 11.3 Å². The van der Waals surface area contributed by atoms with Crippen molar-refractivity contribution in [2.45, 2.75) is 58.7 Å². The van der Waals surface area contributed by atoms with Crippen LogP contribution >= 0.6 is 0 Å². The minimum absolute atomic E-state index is 0.0287.